The Bertz CT molecular complexity index is 511. The highest BCUT2D eigenvalue weighted by atomic mass is 32.1. The van der Waals surface area contributed by atoms with E-state index >= 15 is 0 Å². The monoisotopic (exact) mass is 297 g/mol. The lowest BCUT2D eigenvalue weighted by atomic mass is 10.0. The van der Waals surface area contributed by atoms with Crippen LogP contribution in [0.15, 0.2) is 41.8 Å². The van der Waals surface area contributed by atoms with E-state index in [1.165, 1.54) is 4.88 Å². The van der Waals surface area contributed by atoms with Crippen molar-refractivity contribution in [2.45, 2.75) is 26.5 Å². The van der Waals surface area contributed by atoms with Crippen LogP contribution in [0.5, 0.6) is 5.75 Å². The smallest absolute Gasteiger partial charge is 0.387 e. The van der Waals surface area contributed by atoms with E-state index in [4.69, 9.17) is 0 Å². The van der Waals surface area contributed by atoms with Gasteiger partial charge in [0.1, 0.15) is 5.75 Å². The minimum atomic E-state index is -2.79. The molecular weight excluding hydrogens is 280 g/mol. The molecule has 0 radical (unpaired) electrons. The predicted molar refractivity (Wildman–Crippen MR) is 78.6 cm³/mol. The highest BCUT2D eigenvalue weighted by Gasteiger charge is 2.16. The number of ether oxygens (including phenoxy) is 1. The van der Waals surface area contributed by atoms with Gasteiger partial charge in [-0.3, -0.25) is 0 Å². The molecule has 1 unspecified atom stereocenters. The minimum Gasteiger partial charge on any atom is -0.435 e. The number of hydrogen-bond donors (Lipinski definition) is 1. The molecule has 0 saturated heterocycles. The minimum absolute atomic E-state index is 0.169. The van der Waals surface area contributed by atoms with Crippen LogP contribution in [0.4, 0.5) is 14.5 Å². The molecule has 0 aliphatic rings. The topological polar surface area (TPSA) is 21.3 Å². The summed E-state index contributed by atoms with van der Waals surface area (Å²) in [5.74, 6) is 0.591. The molecule has 0 bridgehead atoms. The van der Waals surface area contributed by atoms with Crippen LogP contribution in [0.25, 0.3) is 0 Å². The van der Waals surface area contributed by atoms with E-state index in [0.717, 1.165) is 5.69 Å². The average Bonchev–Trinajstić information content (AvgIpc) is 2.90. The Hall–Kier alpha value is -1.62. The average molecular weight is 297 g/mol. The van der Waals surface area contributed by atoms with Crippen LogP contribution in [0, 0.1) is 5.92 Å². The van der Waals surface area contributed by atoms with Crippen molar-refractivity contribution >= 4 is 17.0 Å². The third-order valence-corrected chi connectivity index (χ3v) is 3.87. The molecule has 1 heterocycles. The molecule has 2 nitrogen and oxygen atoms in total. The van der Waals surface area contributed by atoms with Gasteiger partial charge in [0.2, 0.25) is 0 Å². The van der Waals surface area contributed by atoms with E-state index in [1.54, 1.807) is 35.6 Å². The standard InChI is InChI=1S/C15H17F2NOS/c1-10(2)14(13-4-3-9-20-13)18-11-5-7-12(8-6-11)19-15(16)17/h3-10,14-15,18H,1-2H3. The van der Waals surface area contributed by atoms with Crippen LogP contribution in [0.2, 0.25) is 0 Å². The molecule has 0 amide bonds. The Kier molecular flexibility index (Phi) is 4.95. The van der Waals surface area contributed by atoms with Crippen LogP contribution >= 0.6 is 11.3 Å². The van der Waals surface area contributed by atoms with Gasteiger partial charge in [-0.2, -0.15) is 8.78 Å². The molecular formula is C15H17F2NOS. The molecule has 0 aliphatic carbocycles. The van der Waals surface area contributed by atoms with Gasteiger partial charge in [-0.25, -0.2) is 0 Å². The number of nitrogens with one attached hydrogen (secondary N) is 1. The van der Waals surface area contributed by atoms with Crippen LogP contribution in [-0.4, -0.2) is 6.61 Å². The fraction of sp³-hybridized carbons (Fsp3) is 0.333. The van der Waals surface area contributed by atoms with Crippen molar-refractivity contribution in [3.8, 4) is 5.75 Å². The molecule has 2 aromatic rings. The van der Waals surface area contributed by atoms with Crippen LogP contribution < -0.4 is 10.1 Å². The van der Waals surface area contributed by atoms with Crippen molar-refractivity contribution < 1.29 is 13.5 Å². The van der Waals surface area contributed by atoms with E-state index in [2.05, 4.69) is 30.0 Å². The summed E-state index contributed by atoms with van der Waals surface area (Å²) in [6.07, 6.45) is 0. The van der Waals surface area contributed by atoms with Crippen molar-refractivity contribution in [3.05, 3.63) is 46.7 Å². The van der Waals surface area contributed by atoms with Gasteiger partial charge < -0.3 is 10.1 Å². The zero-order valence-corrected chi connectivity index (χ0v) is 12.2. The SMILES string of the molecule is CC(C)C(Nc1ccc(OC(F)F)cc1)c1cccs1. The van der Waals surface area contributed by atoms with Gasteiger partial charge in [0, 0.05) is 10.6 Å². The van der Waals surface area contributed by atoms with E-state index in [1.807, 2.05) is 11.4 Å². The Balaban J connectivity index is 2.07. The van der Waals surface area contributed by atoms with E-state index in [0.29, 0.717) is 5.92 Å². The third kappa shape index (κ3) is 3.93. The Morgan fingerprint density at radius 3 is 2.30 bits per heavy atom. The van der Waals surface area contributed by atoms with Gasteiger partial charge in [-0.15, -0.1) is 11.3 Å². The maximum atomic E-state index is 12.1. The lowest BCUT2D eigenvalue weighted by Gasteiger charge is -2.22. The lowest BCUT2D eigenvalue weighted by Crippen LogP contribution is -2.15. The summed E-state index contributed by atoms with van der Waals surface area (Å²) in [6, 6.07) is 10.9. The zero-order valence-electron chi connectivity index (χ0n) is 11.3. The summed E-state index contributed by atoms with van der Waals surface area (Å²) in [5, 5.41) is 5.48. The van der Waals surface area contributed by atoms with E-state index in [9.17, 15) is 8.78 Å². The summed E-state index contributed by atoms with van der Waals surface area (Å²) < 4.78 is 28.5. The molecule has 1 N–H and O–H groups in total. The number of halogens is 2. The lowest BCUT2D eigenvalue weighted by molar-refractivity contribution is -0.0498. The molecule has 5 heteroatoms. The molecule has 0 saturated carbocycles. The summed E-state index contributed by atoms with van der Waals surface area (Å²) >= 11 is 1.70. The quantitative estimate of drug-likeness (QED) is 0.795. The summed E-state index contributed by atoms with van der Waals surface area (Å²) in [5.41, 5.74) is 0.888. The first-order valence-electron chi connectivity index (χ1n) is 6.41. The number of thiophene rings is 1. The normalized spacial score (nSPS) is 12.7. The number of anilines is 1. The fourth-order valence-electron chi connectivity index (χ4n) is 1.95. The van der Waals surface area contributed by atoms with Crippen molar-refractivity contribution in [2.24, 2.45) is 5.92 Å². The first-order chi connectivity index (χ1) is 9.56. The maximum Gasteiger partial charge on any atom is 0.387 e. The Morgan fingerprint density at radius 1 is 1.10 bits per heavy atom. The summed E-state index contributed by atoms with van der Waals surface area (Å²) in [6.45, 7) is 1.50. The molecule has 108 valence electrons. The Morgan fingerprint density at radius 2 is 1.80 bits per heavy atom. The second-order valence-electron chi connectivity index (χ2n) is 4.78. The second kappa shape index (κ2) is 6.70. The second-order valence-corrected chi connectivity index (χ2v) is 5.76. The molecule has 0 aliphatic heterocycles. The molecule has 0 fully saturated rings. The van der Waals surface area contributed by atoms with Crippen molar-refractivity contribution in [3.63, 3.8) is 0 Å². The fourth-order valence-corrected chi connectivity index (χ4v) is 2.90. The molecule has 20 heavy (non-hydrogen) atoms. The van der Waals surface area contributed by atoms with Crippen molar-refractivity contribution in [2.75, 3.05) is 5.32 Å². The first-order valence-corrected chi connectivity index (χ1v) is 7.29. The van der Waals surface area contributed by atoms with Gasteiger partial charge in [0.15, 0.2) is 0 Å². The third-order valence-electron chi connectivity index (χ3n) is 2.92. The summed E-state index contributed by atoms with van der Waals surface area (Å²) in [7, 11) is 0. The van der Waals surface area contributed by atoms with E-state index < -0.39 is 6.61 Å². The van der Waals surface area contributed by atoms with Crippen molar-refractivity contribution in [1.29, 1.82) is 0 Å². The van der Waals surface area contributed by atoms with Gasteiger partial charge in [0.05, 0.1) is 6.04 Å². The van der Waals surface area contributed by atoms with Crippen LogP contribution in [-0.2, 0) is 0 Å². The number of rotatable bonds is 6. The summed E-state index contributed by atoms with van der Waals surface area (Å²) in [4.78, 5) is 1.26. The molecule has 1 atom stereocenters. The largest absolute Gasteiger partial charge is 0.435 e. The highest BCUT2D eigenvalue weighted by molar-refractivity contribution is 7.10. The maximum absolute atomic E-state index is 12.1. The molecule has 2 rings (SSSR count). The van der Waals surface area contributed by atoms with Crippen molar-refractivity contribution in [1.82, 2.24) is 0 Å². The molecule has 0 spiro atoms. The number of alkyl halides is 2. The molecule has 1 aromatic heterocycles. The zero-order chi connectivity index (χ0) is 14.5. The van der Waals surface area contributed by atoms with E-state index in [-0.39, 0.29) is 11.8 Å². The number of hydrogen-bond acceptors (Lipinski definition) is 3. The first kappa shape index (κ1) is 14.8. The van der Waals surface area contributed by atoms with Crippen LogP contribution in [0.1, 0.15) is 24.8 Å². The highest BCUT2D eigenvalue weighted by Crippen LogP contribution is 2.30. The van der Waals surface area contributed by atoms with Gasteiger partial charge in [-0.1, -0.05) is 19.9 Å². The van der Waals surface area contributed by atoms with Crippen LogP contribution in [0.3, 0.4) is 0 Å². The van der Waals surface area contributed by atoms with Gasteiger partial charge in [-0.05, 0) is 41.6 Å². The predicted octanol–water partition coefficient (Wildman–Crippen LogP) is 5.16. The Labute approximate surface area is 121 Å². The number of benzene rings is 1. The molecule has 1 aromatic carbocycles. The van der Waals surface area contributed by atoms with Gasteiger partial charge in [0.25, 0.3) is 0 Å². The van der Waals surface area contributed by atoms with Gasteiger partial charge >= 0.3 is 6.61 Å².